The largest absolute Gasteiger partial charge is 0.347 e. The van der Waals surface area contributed by atoms with E-state index in [0.29, 0.717) is 11.9 Å². The number of hydrogen-bond donors (Lipinski definition) is 2. The number of H-pyrrole nitrogens is 1. The maximum absolute atomic E-state index is 4.80. The van der Waals surface area contributed by atoms with E-state index >= 15 is 0 Å². The molecule has 2 N–H and O–H groups in total. The summed E-state index contributed by atoms with van der Waals surface area (Å²) in [4.78, 5) is 22.6. The second-order valence-electron chi connectivity index (χ2n) is 6.52. The number of likely N-dealkylation sites (N-methyl/N-ethyl adjacent to an activating group) is 1. The number of hydrogen-bond acceptors (Lipinski definition) is 9. The zero-order valence-corrected chi connectivity index (χ0v) is 16.3. The molecule has 0 unspecified atom stereocenters. The van der Waals surface area contributed by atoms with E-state index in [1.165, 1.54) is 12.8 Å². The number of nitrogens with zero attached hydrogens (tertiary/aromatic N) is 6. The Balaban J connectivity index is 1.38. The molecule has 1 aliphatic rings. The molecule has 4 aromatic rings. The molecule has 0 spiro atoms. The summed E-state index contributed by atoms with van der Waals surface area (Å²) in [7, 11) is 2.12. The average Bonchev–Trinajstić information content (AvgIpc) is 3.44. The predicted molar refractivity (Wildman–Crippen MR) is 108 cm³/mol. The van der Waals surface area contributed by atoms with Crippen LogP contribution in [0, 0.1) is 0 Å². The van der Waals surface area contributed by atoms with Gasteiger partial charge in [0.05, 0.1) is 6.20 Å². The fourth-order valence-electron chi connectivity index (χ4n) is 3.19. The average molecular weight is 399 g/mol. The zero-order valence-electron chi connectivity index (χ0n) is 14.7. The van der Waals surface area contributed by atoms with Crippen molar-refractivity contribution in [2.24, 2.45) is 0 Å². The Morgan fingerprint density at radius 1 is 1.07 bits per heavy atom. The van der Waals surface area contributed by atoms with Crippen molar-refractivity contribution in [2.75, 3.05) is 25.0 Å². The van der Waals surface area contributed by atoms with Crippen LogP contribution in [0.5, 0.6) is 0 Å². The van der Waals surface area contributed by atoms with Crippen molar-refractivity contribution < 1.29 is 0 Å². The molecule has 10 heteroatoms. The van der Waals surface area contributed by atoms with Crippen molar-refractivity contribution in [1.29, 1.82) is 0 Å². The van der Waals surface area contributed by atoms with Gasteiger partial charge in [0.1, 0.15) is 0 Å². The Morgan fingerprint density at radius 3 is 2.63 bits per heavy atom. The molecule has 5 rings (SSSR count). The van der Waals surface area contributed by atoms with E-state index in [0.717, 1.165) is 44.0 Å². The monoisotopic (exact) mass is 398 g/mol. The molecule has 0 saturated carbocycles. The lowest BCUT2D eigenvalue weighted by molar-refractivity contribution is 0.445. The number of nitrogens with one attached hydrogen (secondary N) is 2. The van der Waals surface area contributed by atoms with E-state index in [2.05, 4.69) is 37.4 Å². The van der Waals surface area contributed by atoms with Crippen LogP contribution in [0.3, 0.4) is 0 Å². The van der Waals surface area contributed by atoms with Crippen LogP contribution in [0.15, 0.2) is 24.8 Å². The van der Waals surface area contributed by atoms with Gasteiger partial charge in [0.15, 0.2) is 25.6 Å². The number of thiazole rings is 2. The third-order valence-corrected chi connectivity index (χ3v) is 6.87. The van der Waals surface area contributed by atoms with Crippen molar-refractivity contribution >= 4 is 37.5 Å². The molecule has 0 aromatic carbocycles. The Bertz CT molecular complexity index is 999. The van der Waals surface area contributed by atoms with Crippen LogP contribution >= 0.6 is 22.7 Å². The Labute approximate surface area is 163 Å². The van der Waals surface area contributed by atoms with Crippen LogP contribution in [0.4, 0.5) is 5.13 Å². The second-order valence-corrected chi connectivity index (χ2v) is 8.45. The minimum absolute atomic E-state index is 0.497. The van der Waals surface area contributed by atoms with Gasteiger partial charge in [-0.25, -0.2) is 19.9 Å². The predicted octanol–water partition coefficient (Wildman–Crippen LogP) is 2.79. The van der Waals surface area contributed by atoms with Crippen LogP contribution in [-0.2, 0) is 0 Å². The van der Waals surface area contributed by atoms with Crippen LogP contribution < -0.4 is 10.2 Å². The maximum Gasteiger partial charge on any atom is 0.188 e. The summed E-state index contributed by atoms with van der Waals surface area (Å²) in [5, 5.41) is 12.0. The number of piperidine rings is 1. The van der Waals surface area contributed by atoms with E-state index < -0.39 is 0 Å². The quantitative estimate of drug-likeness (QED) is 0.546. The summed E-state index contributed by atoms with van der Waals surface area (Å²) >= 11 is 3.18. The molecule has 1 atom stereocenters. The van der Waals surface area contributed by atoms with E-state index in [-0.39, 0.29) is 0 Å². The minimum atomic E-state index is 0.497. The maximum atomic E-state index is 4.80. The molecular formula is C17H18N8S2. The van der Waals surface area contributed by atoms with Crippen molar-refractivity contribution in [3.05, 3.63) is 24.8 Å². The van der Waals surface area contributed by atoms with E-state index in [1.807, 2.05) is 6.20 Å². The van der Waals surface area contributed by atoms with E-state index in [1.54, 1.807) is 41.3 Å². The zero-order chi connectivity index (χ0) is 18.2. The van der Waals surface area contributed by atoms with E-state index in [9.17, 15) is 0 Å². The lowest BCUT2D eigenvalue weighted by Gasteiger charge is -2.31. The fraction of sp³-hybridized carbons (Fsp3) is 0.353. The highest BCUT2D eigenvalue weighted by Gasteiger charge is 2.22. The summed E-state index contributed by atoms with van der Waals surface area (Å²) in [6, 6.07) is 0.497. The molecule has 0 amide bonds. The number of aromatic nitrogens is 6. The van der Waals surface area contributed by atoms with Gasteiger partial charge in [0, 0.05) is 49.4 Å². The lowest BCUT2D eigenvalue weighted by atomic mass is 10.1. The summed E-state index contributed by atoms with van der Waals surface area (Å²) in [5.41, 5.74) is 1.89. The topological polar surface area (TPSA) is 95.5 Å². The van der Waals surface area contributed by atoms with Crippen LogP contribution in [0.1, 0.15) is 12.8 Å². The third-order valence-electron chi connectivity index (χ3n) is 4.76. The standard InChI is InChI=1S/C17H18N8S2/c1-25(12-3-2-4-18-9-12)17-24-16-15(27-17)23-14(26-16)13-19-5-10(6-20-13)11-7-21-22-8-11/h5-8,12,18H,2-4,9H2,1H3,(H,21,22)/t12-/m0/s1. The highest BCUT2D eigenvalue weighted by Crippen LogP contribution is 2.35. The lowest BCUT2D eigenvalue weighted by Crippen LogP contribution is -2.44. The van der Waals surface area contributed by atoms with Gasteiger partial charge in [0.2, 0.25) is 0 Å². The SMILES string of the molecule is CN(c1nc2sc(-c3ncc(-c4cn[nH]c4)cn3)nc2s1)[C@H]1CCCNC1. The van der Waals surface area contributed by atoms with Gasteiger partial charge in [0.25, 0.3) is 0 Å². The Hall–Kier alpha value is -2.43. The van der Waals surface area contributed by atoms with Crippen molar-refractivity contribution in [1.82, 2.24) is 35.5 Å². The second kappa shape index (κ2) is 6.95. The molecule has 0 radical (unpaired) electrons. The first-order valence-corrected chi connectivity index (χ1v) is 10.4. The molecule has 138 valence electrons. The van der Waals surface area contributed by atoms with Gasteiger partial charge in [-0.05, 0) is 19.4 Å². The summed E-state index contributed by atoms with van der Waals surface area (Å²) in [6.45, 7) is 2.13. The van der Waals surface area contributed by atoms with Gasteiger partial charge in [-0.1, -0.05) is 22.7 Å². The summed E-state index contributed by atoms with van der Waals surface area (Å²) < 4.78 is 0. The number of aromatic amines is 1. The van der Waals surface area contributed by atoms with Crippen LogP contribution in [0.2, 0.25) is 0 Å². The summed E-state index contributed by atoms with van der Waals surface area (Å²) in [6.07, 6.45) is 9.58. The third kappa shape index (κ3) is 3.20. The van der Waals surface area contributed by atoms with Crippen molar-refractivity contribution in [3.63, 3.8) is 0 Å². The minimum Gasteiger partial charge on any atom is -0.347 e. The number of anilines is 1. The van der Waals surface area contributed by atoms with Crippen LogP contribution in [0.25, 0.3) is 31.6 Å². The van der Waals surface area contributed by atoms with Gasteiger partial charge >= 0.3 is 0 Å². The molecule has 4 aromatic heterocycles. The van der Waals surface area contributed by atoms with Crippen molar-refractivity contribution in [2.45, 2.75) is 18.9 Å². The summed E-state index contributed by atoms with van der Waals surface area (Å²) in [5.74, 6) is 0.629. The molecule has 1 saturated heterocycles. The molecule has 27 heavy (non-hydrogen) atoms. The van der Waals surface area contributed by atoms with E-state index in [4.69, 9.17) is 9.97 Å². The fourth-order valence-corrected chi connectivity index (χ4v) is 5.21. The molecule has 1 fully saturated rings. The molecule has 5 heterocycles. The Morgan fingerprint density at radius 2 is 1.93 bits per heavy atom. The van der Waals surface area contributed by atoms with Crippen LogP contribution in [-0.4, -0.2) is 56.3 Å². The smallest absolute Gasteiger partial charge is 0.188 e. The molecule has 0 aliphatic carbocycles. The van der Waals surface area contributed by atoms with Crippen molar-refractivity contribution in [3.8, 4) is 22.0 Å². The highest BCUT2D eigenvalue weighted by atomic mass is 32.1. The molecule has 1 aliphatic heterocycles. The number of fused-ring (bicyclic) bond motifs is 1. The normalized spacial score (nSPS) is 17.4. The van der Waals surface area contributed by atoms with Gasteiger partial charge in [-0.3, -0.25) is 5.10 Å². The first kappa shape index (κ1) is 16.7. The highest BCUT2D eigenvalue weighted by molar-refractivity contribution is 7.29. The van der Waals surface area contributed by atoms with Gasteiger partial charge in [-0.15, -0.1) is 0 Å². The molecule has 0 bridgehead atoms. The van der Waals surface area contributed by atoms with Gasteiger partial charge in [-0.2, -0.15) is 5.10 Å². The van der Waals surface area contributed by atoms with Gasteiger partial charge < -0.3 is 10.2 Å². The number of rotatable bonds is 4. The molecule has 8 nitrogen and oxygen atoms in total. The molecular weight excluding hydrogens is 380 g/mol. The first-order chi connectivity index (χ1) is 13.3. The first-order valence-electron chi connectivity index (χ1n) is 8.80. The Kier molecular flexibility index (Phi) is 4.30.